The Balaban J connectivity index is 1.42. The molecule has 0 bridgehead atoms. The number of fused-ring (bicyclic) bond motifs is 1. The minimum Gasteiger partial charge on any atom is -0.337 e. The zero-order valence-electron chi connectivity index (χ0n) is 13.1. The van der Waals surface area contributed by atoms with Crippen LogP contribution < -0.4 is 0 Å². The van der Waals surface area contributed by atoms with Crippen LogP contribution in [0.25, 0.3) is 4.96 Å². The van der Waals surface area contributed by atoms with Crippen molar-refractivity contribution in [3.63, 3.8) is 0 Å². The van der Waals surface area contributed by atoms with Crippen LogP contribution >= 0.6 is 27.3 Å². The lowest BCUT2D eigenvalue weighted by atomic mass is 10.00. The zero-order chi connectivity index (χ0) is 15.8. The van der Waals surface area contributed by atoms with E-state index in [1.807, 2.05) is 20.9 Å². The normalized spacial score (nSPS) is 21.2. The molecule has 2 saturated heterocycles. The van der Waals surface area contributed by atoms with Crippen molar-refractivity contribution in [1.82, 2.24) is 19.2 Å². The molecule has 7 heteroatoms. The molecule has 124 valence electrons. The molecular formula is C16H21BrN4OS. The number of carbonyl (C=O) groups excluding carboxylic acids is 1. The molecule has 0 saturated carbocycles. The van der Waals surface area contributed by atoms with Gasteiger partial charge in [0.15, 0.2) is 10.7 Å². The summed E-state index contributed by atoms with van der Waals surface area (Å²) in [6.45, 7) is 4.16. The summed E-state index contributed by atoms with van der Waals surface area (Å²) in [6.07, 6.45) is 8.15. The average molecular weight is 397 g/mol. The van der Waals surface area contributed by atoms with E-state index in [0.717, 1.165) is 35.5 Å². The fourth-order valence-electron chi connectivity index (χ4n) is 3.76. The van der Waals surface area contributed by atoms with Crippen LogP contribution in [-0.4, -0.2) is 57.3 Å². The minimum absolute atomic E-state index is 0.0601. The zero-order valence-corrected chi connectivity index (χ0v) is 15.5. The fraction of sp³-hybridized carbons (Fsp3) is 0.625. The first-order valence-electron chi connectivity index (χ1n) is 8.38. The molecule has 0 aliphatic carbocycles. The predicted molar refractivity (Wildman–Crippen MR) is 95.1 cm³/mol. The first-order chi connectivity index (χ1) is 11.2. The van der Waals surface area contributed by atoms with Gasteiger partial charge in [-0.2, -0.15) is 0 Å². The Labute approximate surface area is 148 Å². The summed E-state index contributed by atoms with van der Waals surface area (Å²) in [5, 5.41) is 1.98. The molecule has 23 heavy (non-hydrogen) atoms. The highest BCUT2D eigenvalue weighted by Gasteiger charge is 2.30. The smallest absolute Gasteiger partial charge is 0.275 e. The van der Waals surface area contributed by atoms with E-state index in [2.05, 4.69) is 25.8 Å². The molecule has 0 spiro atoms. The molecule has 2 aliphatic rings. The Hall–Kier alpha value is -0.920. The number of carbonyl (C=O) groups is 1. The van der Waals surface area contributed by atoms with Gasteiger partial charge in [0.25, 0.3) is 5.91 Å². The summed E-state index contributed by atoms with van der Waals surface area (Å²) in [4.78, 5) is 22.7. The van der Waals surface area contributed by atoms with Crippen LogP contribution in [0.2, 0.25) is 0 Å². The maximum absolute atomic E-state index is 12.8. The van der Waals surface area contributed by atoms with E-state index in [9.17, 15) is 4.79 Å². The molecule has 0 unspecified atom stereocenters. The molecule has 4 rings (SSSR count). The number of nitrogens with zero attached hydrogens (tertiary/aromatic N) is 4. The van der Waals surface area contributed by atoms with Gasteiger partial charge < -0.3 is 9.80 Å². The molecule has 2 aliphatic heterocycles. The van der Waals surface area contributed by atoms with Crippen LogP contribution in [-0.2, 0) is 0 Å². The minimum atomic E-state index is 0.0601. The summed E-state index contributed by atoms with van der Waals surface area (Å²) in [5.41, 5.74) is 0.549. The number of thiazole rings is 1. The van der Waals surface area contributed by atoms with E-state index in [0.29, 0.717) is 11.7 Å². The van der Waals surface area contributed by atoms with Crippen LogP contribution in [0.4, 0.5) is 0 Å². The lowest BCUT2D eigenvalue weighted by molar-refractivity contribution is 0.0584. The number of imidazole rings is 1. The third-order valence-electron chi connectivity index (χ3n) is 5.07. The Morgan fingerprint density at radius 3 is 2.61 bits per heavy atom. The second-order valence-corrected chi connectivity index (χ2v) is 8.05. The third-order valence-corrected chi connectivity index (χ3v) is 6.58. The van der Waals surface area contributed by atoms with Gasteiger partial charge in [-0.25, -0.2) is 4.98 Å². The van der Waals surface area contributed by atoms with Crippen molar-refractivity contribution < 1.29 is 4.79 Å². The van der Waals surface area contributed by atoms with Crippen molar-refractivity contribution in [2.75, 3.05) is 26.2 Å². The molecular weight excluding hydrogens is 376 g/mol. The Morgan fingerprint density at radius 1 is 1.17 bits per heavy atom. The Morgan fingerprint density at radius 2 is 1.91 bits per heavy atom. The van der Waals surface area contributed by atoms with Gasteiger partial charge in [-0.05, 0) is 54.7 Å². The van der Waals surface area contributed by atoms with E-state index in [1.165, 1.54) is 32.4 Å². The van der Waals surface area contributed by atoms with Crippen molar-refractivity contribution in [2.24, 2.45) is 0 Å². The third kappa shape index (κ3) is 2.94. The van der Waals surface area contributed by atoms with Gasteiger partial charge in [-0.3, -0.25) is 9.20 Å². The van der Waals surface area contributed by atoms with Crippen LogP contribution in [0.3, 0.4) is 0 Å². The summed E-state index contributed by atoms with van der Waals surface area (Å²) < 4.78 is 2.70. The molecule has 2 fully saturated rings. The summed E-state index contributed by atoms with van der Waals surface area (Å²) >= 11 is 5.07. The van der Waals surface area contributed by atoms with Gasteiger partial charge in [0.05, 0.1) is 0 Å². The molecule has 2 aromatic heterocycles. The van der Waals surface area contributed by atoms with Crippen LogP contribution in [0.1, 0.15) is 42.6 Å². The number of hydrogen-bond acceptors (Lipinski definition) is 4. The number of likely N-dealkylation sites (tertiary alicyclic amines) is 2. The van der Waals surface area contributed by atoms with E-state index < -0.39 is 0 Å². The van der Waals surface area contributed by atoms with Gasteiger partial charge in [0, 0.05) is 30.7 Å². The first-order valence-corrected chi connectivity index (χ1v) is 10.1. The van der Waals surface area contributed by atoms with Gasteiger partial charge in [0.2, 0.25) is 0 Å². The van der Waals surface area contributed by atoms with Crippen molar-refractivity contribution in [3.05, 3.63) is 21.9 Å². The van der Waals surface area contributed by atoms with Crippen molar-refractivity contribution >= 4 is 38.1 Å². The number of halogens is 1. The molecule has 0 radical (unpaired) electrons. The van der Waals surface area contributed by atoms with E-state index in [4.69, 9.17) is 0 Å². The molecule has 1 amide bonds. The maximum atomic E-state index is 12.8. The SMILES string of the molecule is O=C(c1nc2sccn2c1Br)N1CCC(N2CCCCC2)CC1. The largest absolute Gasteiger partial charge is 0.337 e. The number of amides is 1. The number of hydrogen-bond donors (Lipinski definition) is 0. The van der Waals surface area contributed by atoms with E-state index in [-0.39, 0.29) is 5.91 Å². The average Bonchev–Trinajstić information content (AvgIpc) is 3.18. The summed E-state index contributed by atoms with van der Waals surface area (Å²) in [6, 6.07) is 0.660. The maximum Gasteiger partial charge on any atom is 0.275 e. The highest BCUT2D eigenvalue weighted by molar-refractivity contribution is 9.10. The summed E-state index contributed by atoms with van der Waals surface area (Å²) in [5.74, 6) is 0.0601. The van der Waals surface area contributed by atoms with E-state index >= 15 is 0 Å². The van der Waals surface area contributed by atoms with Crippen LogP contribution in [0, 0.1) is 0 Å². The monoisotopic (exact) mass is 396 g/mol. The highest BCUT2D eigenvalue weighted by atomic mass is 79.9. The van der Waals surface area contributed by atoms with Crippen LogP contribution in [0.15, 0.2) is 16.2 Å². The van der Waals surface area contributed by atoms with E-state index in [1.54, 1.807) is 11.3 Å². The highest BCUT2D eigenvalue weighted by Crippen LogP contribution is 2.26. The Kier molecular flexibility index (Phi) is 4.43. The number of piperidine rings is 2. The second kappa shape index (κ2) is 6.53. The predicted octanol–water partition coefficient (Wildman–Crippen LogP) is 3.25. The second-order valence-electron chi connectivity index (χ2n) is 6.43. The van der Waals surface area contributed by atoms with Crippen molar-refractivity contribution in [3.8, 4) is 0 Å². The fourth-order valence-corrected chi connectivity index (χ4v) is 5.14. The Bertz CT molecular complexity index is 698. The quantitative estimate of drug-likeness (QED) is 0.781. The first kappa shape index (κ1) is 15.6. The van der Waals surface area contributed by atoms with Gasteiger partial charge in [0.1, 0.15) is 4.60 Å². The van der Waals surface area contributed by atoms with Gasteiger partial charge >= 0.3 is 0 Å². The summed E-state index contributed by atoms with van der Waals surface area (Å²) in [7, 11) is 0. The standard InChI is InChI=1S/C16H21BrN4OS/c17-14-13(18-16-21(14)10-11-23-16)15(22)20-8-4-12(5-9-20)19-6-2-1-3-7-19/h10-12H,1-9H2. The molecule has 5 nitrogen and oxygen atoms in total. The molecule has 0 N–H and O–H groups in total. The van der Waals surface area contributed by atoms with Crippen molar-refractivity contribution in [2.45, 2.75) is 38.1 Å². The molecule has 2 aromatic rings. The lowest BCUT2D eigenvalue weighted by Gasteiger charge is -2.40. The molecule has 0 aromatic carbocycles. The molecule has 4 heterocycles. The lowest BCUT2D eigenvalue weighted by Crippen LogP contribution is -2.48. The number of aromatic nitrogens is 2. The van der Waals surface area contributed by atoms with Crippen LogP contribution in [0.5, 0.6) is 0 Å². The topological polar surface area (TPSA) is 40.9 Å². The van der Waals surface area contributed by atoms with Gasteiger partial charge in [-0.1, -0.05) is 6.42 Å². The number of rotatable bonds is 2. The van der Waals surface area contributed by atoms with Gasteiger partial charge in [-0.15, -0.1) is 11.3 Å². The van der Waals surface area contributed by atoms with Crippen molar-refractivity contribution in [1.29, 1.82) is 0 Å². The molecule has 0 atom stereocenters.